The first-order valence-electron chi connectivity index (χ1n) is 13.4. The summed E-state index contributed by atoms with van der Waals surface area (Å²) in [5.41, 5.74) is 6.86. The van der Waals surface area contributed by atoms with Gasteiger partial charge in [0, 0.05) is 24.5 Å². The highest BCUT2D eigenvalue weighted by Gasteiger charge is 2.28. The Hall–Kier alpha value is -4.02. The summed E-state index contributed by atoms with van der Waals surface area (Å²) < 4.78 is 5.47. The Bertz CT molecular complexity index is 1540. The molecule has 1 aliphatic rings. The number of piperidine rings is 1. The van der Waals surface area contributed by atoms with Crippen LogP contribution in [0, 0.1) is 12.8 Å². The van der Waals surface area contributed by atoms with E-state index in [1.165, 1.54) is 17.4 Å². The van der Waals surface area contributed by atoms with Gasteiger partial charge in [-0.25, -0.2) is 4.98 Å². The van der Waals surface area contributed by atoms with E-state index in [4.69, 9.17) is 14.7 Å². The van der Waals surface area contributed by atoms with Gasteiger partial charge in [-0.15, -0.1) is 17.9 Å². The van der Waals surface area contributed by atoms with Crippen molar-refractivity contribution in [3.8, 4) is 5.75 Å². The molecule has 4 aromatic rings. The SMILES string of the molecule is C=CC(O)c1ccc(NC(=O)C2CCCN(c3nc(Nc4ccc(OC)c(CC)c4)c4ncsc4n3)C2)cc1C. The number of nitrogens with one attached hydrogen (secondary N) is 2. The average Bonchev–Trinajstić information content (AvgIpc) is 3.46. The van der Waals surface area contributed by atoms with Gasteiger partial charge in [-0.1, -0.05) is 19.1 Å². The number of thiazole rings is 1. The van der Waals surface area contributed by atoms with Crippen molar-refractivity contribution in [2.24, 2.45) is 5.92 Å². The zero-order chi connectivity index (χ0) is 28.2. The maximum Gasteiger partial charge on any atom is 0.229 e. The van der Waals surface area contributed by atoms with E-state index < -0.39 is 6.10 Å². The molecule has 1 saturated heterocycles. The van der Waals surface area contributed by atoms with Crippen molar-refractivity contribution in [3.63, 3.8) is 0 Å². The predicted octanol–water partition coefficient (Wildman–Crippen LogP) is 5.78. The number of aromatic nitrogens is 3. The van der Waals surface area contributed by atoms with Crippen LogP contribution in [0.1, 0.15) is 42.6 Å². The van der Waals surface area contributed by atoms with E-state index in [1.54, 1.807) is 12.6 Å². The monoisotopic (exact) mass is 558 g/mol. The number of aliphatic hydroxyl groups is 1. The van der Waals surface area contributed by atoms with Gasteiger partial charge in [0.1, 0.15) is 11.3 Å². The highest BCUT2D eigenvalue weighted by molar-refractivity contribution is 7.16. The summed E-state index contributed by atoms with van der Waals surface area (Å²) in [7, 11) is 1.68. The van der Waals surface area contributed by atoms with Gasteiger partial charge >= 0.3 is 0 Å². The number of ether oxygens (including phenoxy) is 1. The minimum atomic E-state index is -0.731. The van der Waals surface area contributed by atoms with E-state index in [0.717, 1.165) is 58.8 Å². The molecule has 0 radical (unpaired) electrons. The van der Waals surface area contributed by atoms with Gasteiger partial charge in [0.15, 0.2) is 10.6 Å². The third-order valence-corrected chi connectivity index (χ3v) is 7.98. The van der Waals surface area contributed by atoms with Crippen molar-refractivity contribution in [3.05, 3.63) is 71.3 Å². The first-order valence-corrected chi connectivity index (χ1v) is 14.3. The fourth-order valence-corrected chi connectivity index (χ4v) is 5.73. The van der Waals surface area contributed by atoms with Crippen LogP contribution in [0.15, 0.2) is 54.6 Å². The normalized spacial score (nSPS) is 16.0. The van der Waals surface area contributed by atoms with E-state index >= 15 is 0 Å². The largest absolute Gasteiger partial charge is 0.496 e. The summed E-state index contributed by atoms with van der Waals surface area (Å²) in [5.74, 6) is 1.83. The van der Waals surface area contributed by atoms with Crippen LogP contribution in [0.4, 0.5) is 23.1 Å². The van der Waals surface area contributed by atoms with Crippen LogP contribution in [0.3, 0.4) is 0 Å². The Morgan fingerprint density at radius 1 is 1.27 bits per heavy atom. The molecule has 1 aliphatic heterocycles. The Balaban J connectivity index is 1.34. The smallest absolute Gasteiger partial charge is 0.229 e. The van der Waals surface area contributed by atoms with Crippen LogP contribution >= 0.6 is 11.3 Å². The van der Waals surface area contributed by atoms with Crippen LogP contribution in [0.2, 0.25) is 0 Å². The number of carbonyl (C=O) groups is 1. The summed E-state index contributed by atoms with van der Waals surface area (Å²) >= 11 is 1.47. The third-order valence-electron chi connectivity index (χ3n) is 7.26. The number of hydrogen-bond donors (Lipinski definition) is 3. The molecule has 10 heteroatoms. The van der Waals surface area contributed by atoms with Crippen molar-refractivity contribution in [2.45, 2.75) is 39.2 Å². The lowest BCUT2D eigenvalue weighted by molar-refractivity contribution is -0.120. The van der Waals surface area contributed by atoms with Crippen molar-refractivity contribution >= 4 is 50.7 Å². The molecule has 2 unspecified atom stereocenters. The fraction of sp³-hybridized carbons (Fsp3) is 0.333. The van der Waals surface area contributed by atoms with Crippen LogP contribution in [0.25, 0.3) is 10.3 Å². The Morgan fingerprint density at radius 2 is 2.10 bits per heavy atom. The minimum Gasteiger partial charge on any atom is -0.496 e. The number of methoxy groups -OCH3 is 1. The number of rotatable bonds is 9. The minimum absolute atomic E-state index is 0.0383. The van der Waals surface area contributed by atoms with Crippen LogP contribution < -0.4 is 20.3 Å². The number of anilines is 4. The lowest BCUT2D eigenvalue weighted by Gasteiger charge is -2.32. The lowest BCUT2D eigenvalue weighted by atomic mass is 9.97. The first-order chi connectivity index (χ1) is 19.4. The predicted molar refractivity (Wildman–Crippen MR) is 161 cm³/mol. The zero-order valence-corrected chi connectivity index (χ0v) is 23.8. The van der Waals surface area contributed by atoms with E-state index in [0.29, 0.717) is 29.5 Å². The molecule has 208 valence electrons. The maximum absolute atomic E-state index is 13.2. The van der Waals surface area contributed by atoms with Gasteiger partial charge in [-0.3, -0.25) is 4.79 Å². The second-order valence-electron chi connectivity index (χ2n) is 9.91. The number of hydrogen-bond acceptors (Lipinski definition) is 9. The van der Waals surface area contributed by atoms with Gasteiger partial charge in [-0.05, 0) is 73.2 Å². The molecule has 2 aromatic heterocycles. The molecule has 1 fully saturated rings. The molecule has 40 heavy (non-hydrogen) atoms. The molecule has 5 rings (SSSR count). The molecule has 0 saturated carbocycles. The van der Waals surface area contributed by atoms with Crippen molar-refractivity contribution < 1.29 is 14.6 Å². The van der Waals surface area contributed by atoms with Crippen LogP contribution in [0.5, 0.6) is 5.75 Å². The molecule has 1 amide bonds. The Labute approximate surface area is 238 Å². The van der Waals surface area contributed by atoms with Gasteiger partial charge < -0.3 is 25.4 Å². The van der Waals surface area contributed by atoms with Gasteiger partial charge in [0.25, 0.3) is 0 Å². The molecule has 0 spiro atoms. The van der Waals surface area contributed by atoms with E-state index in [9.17, 15) is 9.90 Å². The fourth-order valence-electron chi connectivity index (χ4n) is 5.08. The van der Waals surface area contributed by atoms with E-state index in [2.05, 4.69) is 40.1 Å². The zero-order valence-electron chi connectivity index (χ0n) is 23.0. The van der Waals surface area contributed by atoms with Gasteiger partial charge in [-0.2, -0.15) is 9.97 Å². The van der Waals surface area contributed by atoms with Crippen molar-refractivity contribution in [2.75, 3.05) is 35.7 Å². The highest BCUT2D eigenvalue weighted by atomic mass is 32.1. The molecule has 0 bridgehead atoms. The van der Waals surface area contributed by atoms with Gasteiger partial charge in [0.2, 0.25) is 11.9 Å². The van der Waals surface area contributed by atoms with E-state index in [1.807, 2.05) is 37.3 Å². The second-order valence-corrected chi connectivity index (χ2v) is 10.7. The van der Waals surface area contributed by atoms with Crippen molar-refractivity contribution in [1.29, 1.82) is 0 Å². The summed E-state index contributed by atoms with van der Waals surface area (Å²) in [5, 5.41) is 16.6. The molecular formula is C30H34N6O3S. The standard InChI is InChI=1S/C30H34N6O3S/c1-5-19-15-22(10-12-25(19)39-4)32-27-26-29(40-17-31-26)35-30(34-27)36-13-7-8-20(16-36)28(38)33-21-9-11-23(18(3)14-21)24(37)6-2/h6,9-12,14-15,17,20,24,37H,2,5,7-8,13,16H2,1,3-4H3,(H,33,38)(H,32,34,35). The first kappa shape index (κ1) is 27.5. The second kappa shape index (κ2) is 12.0. The molecule has 3 N–H and O–H groups in total. The van der Waals surface area contributed by atoms with Gasteiger partial charge in [0.05, 0.1) is 24.6 Å². The summed E-state index contributed by atoms with van der Waals surface area (Å²) in [6.45, 7) is 8.94. The van der Waals surface area contributed by atoms with Crippen molar-refractivity contribution in [1.82, 2.24) is 15.0 Å². The third kappa shape index (κ3) is 5.78. The maximum atomic E-state index is 13.2. The number of amides is 1. The number of nitrogens with zero attached hydrogens (tertiary/aromatic N) is 4. The molecule has 9 nitrogen and oxygen atoms in total. The topological polar surface area (TPSA) is 113 Å². The summed E-state index contributed by atoms with van der Waals surface area (Å²) in [6, 6.07) is 11.5. The number of carbonyl (C=O) groups excluding carboxylic acids is 1. The van der Waals surface area contributed by atoms with Crippen LogP contribution in [-0.4, -0.2) is 46.2 Å². The molecular weight excluding hydrogens is 524 g/mol. The average molecular weight is 559 g/mol. The summed E-state index contributed by atoms with van der Waals surface area (Å²) in [4.78, 5) is 30.3. The number of aryl methyl sites for hydroxylation is 2. The lowest BCUT2D eigenvalue weighted by Crippen LogP contribution is -2.41. The number of fused-ring (bicyclic) bond motifs is 1. The number of aliphatic hydroxyl groups excluding tert-OH is 1. The summed E-state index contributed by atoms with van der Waals surface area (Å²) in [6.07, 6.45) is 3.24. The Kier molecular flexibility index (Phi) is 8.27. The Morgan fingerprint density at radius 3 is 2.85 bits per heavy atom. The quantitative estimate of drug-likeness (QED) is 0.222. The highest BCUT2D eigenvalue weighted by Crippen LogP contribution is 2.32. The molecule has 3 heterocycles. The van der Waals surface area contributed by atoms with Crippen LogP contribution in [-0.2, 0) is 11.2 Å². The molecule has 0 aliphatic carbocycles. The number of benzene rings is 2. The van der Waals surface area contributed by atoms with E-state index in [-0.39, 0.29) is 11.8 Å². The molecule has 2 aromatic carbocycles. The molecule has 2 atom stereocenters.